The number of nitrogens with one attached hydrogen (secondary N) is 1. The van der Waals surface area contributed by atoms with Crippen LogP contribution in [0.4, 0.5) is 0 Å². The lowest BCUT2D eigenvalue weighted by molar-refractivity contribution is 0.0170. The van der Waals surface area contributed by atoms with Gasteiger partial charge in [0.25, 0.3) is 0 Å². The molecule has 1 aliphatic carbocycles. The Hall–Kier alpha value is -1.26. The summed E-state index contributed by atoms with van der Waals surface area (Å²) in [6.07, 6.45) is 2.55. The fourth-order valence-electron chi connectivity index (χ4n) is 2.03. The molecule has 0 aliphatic heterocycles. The van der Waals surface area contributed by atoms with Crippen LogP contribution in [0.2, 0.25) is 0 Å². The summed E-state index contributed by atoms with van der Waals surface area (Å²) >= 11 is 0. The number of hydrogen-bond donors (Lipinski definition) is 2. The normalized spacial score (nSPS) is 23.2. The van der Waals surface area contributed by atoms with Crippen LogP contribution in [0, 0.1) is 0 Å². The molecule has 4 heteroatoms. The maximum atomic E-state index is 9.64. The minimum Gasteiger partial charge on any atom is -0.504 e. The summed E-state index contributed by atoms with van der Waals surface area (Å²) < 4.78 is 10.2. The molecule has 2 N–H and O–H groups in total. The number of benzene rings is 1. The van der Waals surface area contributed by atoms with Gasteiger partial charge in [-0.15, -0.1) is 0 Å². The third kappa shape index (κ3) is 2.90. The van der Waals surface area contributed by atoms with Gasteiger partial charge in [0.15, 0.2) is 11.5 Å². The first-order valence-electron chi connectivity index (χ1n) is 5.85. The minimum absolute atomic E-state index is 0.190. The second-order valence-corrected chi connectivity index (χ2v) is 4.41. The molecule has 1 aromatic rings. The van der Waals surface area contributed by atoms with Gasteiger partial charge in [-0.1, -0.05) is 6.07 Å². The van der Waals surface area contributed by atoms with E-state index in [9.17, 15) is 5.11 Å². The first-order valence-corrected chi connectivity index (χ1v) is 5.85. The molecule has 1 saturated carbocycles. The Bertz CT molecular complexity index is 375. The lowest BCUT2D eigenvalue weighted by Gasteiger charge is -2.34. The second kappa shape index (κ2) is 5.38. The van der Waals surface area contributed by atoms with Gasteiger partial charge < -0.3 is 19.9 Å². The molecule has 0 radical (unpaired) electrons. The van der Waals surface area contributed by atoms with E-state index in [1.807, 2.05) is 6.07 Å². The molecule has 2 rings (SSSR count). The van der Waals surface area contributed by atoms with E-state index in [0.29, 0.717) is 17.9 Å². The molecule has 0 spiro atoms. The summed E-state index contributed by atoms with van der Waals surface area (Å²) in [7, 11) is 3.30. The molecule has 17 heavy (non-hydrogen) atoms. The highest BCUT2D eigenvalue weighted by Crippen LogP contribution is 2.27. The van der Waals surface area contributed by atoms with Gasteiger partial charge >= 0.3 is 0 Å². The summed E-state index contributed by atoms with van der Waals surface area (Å²) in [6, 6.07) is 6.01. The predicted molar refractivity (Wildman–Crippen MR) is 65.3 cm³/mol. The van der Waals surface area contributed by atoms with E-state index >= 15 is 0 Å². The molecule has 0 saturated heterocycles. The summed E-state index contributed by atoms with van der Waals surface area (Å²) in [4.78, 5) is 0. The number of methoxy groups -OCH3 is 2. The fourth-order valence-corrected chi connectivity index (χ4v) is 2.03. The average Bonchev–Trinajstić information content (AvgIpc) is 2.27. The molecule has 0 aromatic heterocycles. The molecular weight excluding hydrogens is 218 g/mol. The quantitative estimate of drug-likeness (QED) is 0.818. The molecule has 0 atom stereocenters. The molecule has 0 heterocycles. The topological polar surface area (TPSA) is 50.7 Å². The Morgan fingerprint density at radius 2 is 2.12 bits per heavy atom. The Morgan fingerprint density at radius 1 is 1.35 bits per heavy atom. The lowest BCUT2D eigenvalue weighted by Crippen LogP contribution is -2.44. The van der Waals surface area contributed by atoms with Gasteiger partial charge in [-0.05, 0) is 30.5 Å². The maximum Gasteiger partial charge on any atom is 0.160 e. The number of phenolic OH excluding ortho intramolecular Hbond substituents is 1. The maximum absolute atomic E-state index is 9.64. The van der Waals surface area contributed by atoms with Crippen LogP contribution in [0.25, 0.3) is 0 Å². The largest absolute Gasteiger partial charge is 0.504 e. The lowest BCUT2D eigenvalue weighted by atomic mass is 9.89. The van der Waals surface area contributed by atoms with E-state index in [2.05, 4.69) is 5.32 Å². The van der Waals surface area contributed by atoms with E-state index in [4.69, 9.17) is 9.47 Å². The van der Waals surface area contributed by atoms with Crippen LogP contribution in [0.5, 0.6) is 11.5 Å². The van der Waals surface area contributed by atoms with Gasteiger partial charge in [0.05, 0.1) is 13.2 Å². The van der Waals surface area contributed by atoms with E-state index in [1.165, 1.54) is 0 Å². The van der Waals surface area contributed by atoms with Crippen molar-refractivity contribution in [3.8, 4) is 11.5 Å². The monoisotopic (exact) mass is 237 g/mol. The highest BCUT2D eigenvalue weighted by Gasteiger charge is 2.28. The smallest absolute Gasteiger partial charge is 0.160 e. The zero-order valence-corrected chi connectivity index (χ0v) is 10.3. The van der Waals surface area contributed by atoms with Crippen LogP contribution in [-0.2, 0) is 11.3 Å². The van der Waals surface area contributed by atoms with Crippen molar-refractivity contribution in [1.82, 2.24) is 5.32 Å². The van der Waals surface area contributed by atoms with Crippen LogP contribution in [-0.4, -0.2) is 31.5 Å². The van der Waals surface area contributed by atoms with Crippen LogP contribution in [0.15, 0.2) is 18.2 Å². The summed E-state index contributed by atoms with van der Waals surface area (Å²) in [6.45, 7) is 0.763. The first kappa shape index (κ1) is 12.2. The van der Waals surface area contributed by atoms with Crippen molar-refractivity contribution in [1.29, 1.82) is 0 Å². The number of ether oxygens (including phenoxy) is 2. The highest BCUT2D eigenvalue weighted by atomic mass is 16.5. The Labute approximate surface area is 102 Å². The van der Waals surface area contributed by atoms with Crippen LogP contribution >= 0.6 is 0 Å². The summed E-state index contributed by atoms with van der Waals surface area (Å²) in [5.41, 5.74) is 1.06. The zero-order chi connectivity index (χ0) is 12.3. The molecule has 0 amide bonds. The second-order valence-electron chi connectivity index (χ2n) is 4.41. The third-order valence-electron chi connectivity index (χ3n) is 3.27. The molecule has 0 bridgehead atoms. The molecular formula is C13H19NO3. The number of rotatable bonds is 5. The standard InChI is InChI=1S/C13H19NO3/c1-16-11-6-10(7-11)14-8-9-3-4-13(17-2)12(15)5-9/h3-5,10-11,14-15H,6-8H2,1-2H3. The Balaban J connectivity index is 1.81. The zero-order valence-electron chi connectivity index (χ0n) is 10.3. The van der Waals surface area contributed by atoms with E-state index in [0.717, 1.165) is 24.9 Å². The molecule has 1 fully saturated rings. The fraction of sp³-hybridized carbons (Fsp3) is 0.538. The van der Waals surface area contributed by atoms with Crippen LogP contribution in [0.1, 0.15) is 18.4 Å². The molecule has 4 nitrogen and oxygen atoms in total. The van der Waals surface area contributed by atoms with E-state index in [1.54, 1.807) is 26.4 Å². The van der Waals surface area contributed by atoms with Crippen LogP contribution in [0.3, 0.4) is 0 Å². The molecule has 1 aromatic carbocycles. The SMILES string of the molecule is COc1ccc(CNC2CC(OC)C2)cc1O. The first-order chi connectivity index (χ1) is 8.22. The van der Waals surface area contributed by atoms with Crippen molar-refractivity contribution in [2.75, 3.05) is 14.2 Å². The van der Waals surface area contributed by atoms with Crippen molar-refractivity contribution in [2.45, 2.75) is 31.5 Å². The van der Waals surface area contributed by atoms with Gasteiger partial charge in [0.2, 0.25) is 0 Å². The number of aromatic hydroxyl groups is 1. The van der Waals surface area contributed by atoms with Gasteiger partial charge in [-0.25, -0.2) is 0 Å². The highest BCUT2D eigenvalue weighted by molar-refractivity contribution is 5.41. The molecule has 94 valence electrons. The predicted octanol–water partition coefficient (Wildman–Crippen LogP) is 1.67. The minimum atomic E-state index is 0.190. The molecule has 0 unspecified atom stereocenters. The van der Waals surface area contributed by atoms with Crippen molar-refractivity contribution < 1.29 is 14.6 Å². The Kier molecular flexibility index (Phi) is 3.86. The average molecular weight is 237 g/mol. The van der Waals surface area contributed by atoms with Gasteiger partial charge in [0.1, 0.15) is 0 Å². The van der Waals surface area contributed by atoms with E-state index in [-0.39, 0.29) is 5.75 Å². The van der Waals surface area contributed by atoms with Crippen molar-refractivity contribution in [3.63, 3.8) is 0 Å². The van der Waals surface area contributed by atoms with Crippen molar-refractivity contribution in [2.24, 2.45) is 0 Å². The van der Waals surface area contributed by atoms with Crippen molar-refractivity contribution in [3.05, 3.63) is 23.8 Å². The van der Waals surface area contributed by atoms with Gasteiger partial charge in [0, 0.05) is 19.7 Å². The third-order valence-corrected chi connectivity index (χ3v) is 3.27. The van der Waals surface area contributed by atoms with Gasteiger partial charge in [-0.3, -0.25) is 0 Å². The van der Waals surface area contributed by atoms with Crippen LogP contribution < -0.4 is 10.1 Å². The van der Waals surface area contributed by atoms with Gasteiger partial charge in [-0.2, -0.15) is 0 Å². The number of phenols is 1. The summed E-state index contributed by atoms with van der Waals surface area (Å²) in [5.74, 6) is 0.701. The number of hydrogen-bond acceptors (Lipinski definition) is 4. The van der Waals surface area contributed by atoms with Crippen molar-refractivity contribution >= 4 is 0 Å². The Morgan fingerprint density at radius 3 is 2.71 bits per heavy atom. The van der Waals surface area contributed by atoms with E-state index < -0.39 is 0 Å². The summed E-state index contributed by atoms with van der Waals surface area (Å²) in [5, 5.41) is 13.1. The molecule has 1 aliphatic rings.